The molecule has 0 aliphatic carbocycles. The van der Waals surface area contributed by atoms with Crippen LogP contribution in [-0.2, 0) is 9.53 Å². The molecular weight excluding hydrogens is 191 g/mol. The van der Waals surface area contributed by atoms with E-state index in [0.717, 1.165) is 6.54 Å². The number of hydrogen-bond donors (Lipinski definition) is 2. The van der Waals surface area contributed by atoms with Crippen LogP contribution in [0.25, 0.3) is 0 Å². The van der Waals surface area contributed by atoms with E-state index in [0.29, 0.717) is 6.23 Å². The van der Waals surface area contributed by atoms with E-state index in [9.17, 15) is 13.2 Å². The van der Waals surface area contributed by atoms with Crippen LogP contribution in [0, 0.1) is 0 Å². The molecule has 0 aromatic carbocycles. The van der Waals surface area contributed by atoms with Crippen molar-refractivity contribution in [1.29, 1.82) is 0 Å². The Morgan fingerprint density at radius 1 is 1.62 bits per heavy atom. The summed E-state index contributed by atoms with van der Waals surface area (Å²) in [5.74, 6) is -2.76. The Balaban J connectivity index is 0.000000223. The van der Waals surface area contributed by atoms with E-state index < -0.39 is 12.1 Å². The smallest absolute Gasteiger partial charge is 0.475 e. The zero-order valence-corrected chi connectivity index (χ0v) is 6.89. The fourth-order valence-electron chi connectivity index (χ4n) is 0.463. The molecule has 2 N–H and O–H groups in total. The standard InChI is InChI=1S/C4H9NO.C2HF3O2/c1-6-4-2-3-5-4;3-2(4,5)1(6)7/h4-5H,2-3H2,1H3;(H,6,7). The number of ether oxygens (including phenoxy) is 1. The first kappa shape index (κ1) is 12.2. The molecule has 78 valence electrons. The number of rotatable bonds is 1. The minimum atomic E-state index is -5.08. The van der Waals surface area contributed by atoms with Gasteiger partial charge in [-0.15, -0.1) is 0 Å². The van der Waals surface area contributed by atoms with Crippen LogP contribution in [0.15, 0.2) is 0 Å². The van der Waals surface area contributed by atoms with Gasteiger partial charge in [0.05, 0.1) is 0 Å². The summed E-state index contributed by atoms with van der Waals surface area (Å²) in [5, 5.41) is 10.2. The van der Waals surface area contributed by atoms with Crippen molar-refractivity contribution < 1.29 is 27.8 Å². The van der Waals surface area contributed by atoms with Crippen LogP contribution in [0.4, 0.5) is 13.2 Å². The van der Waals surface area contributed by atoms with E-state index in [-0.39, 0.29) is 0 Å². The van der Waals surface area contributed by atoms with Gasteiger partial charge in [0.15, 0.2) is 0 Å². The fraction of sp³-hybridized carbons (Fsp3) is 0.833. The van der Waals surface area contributed by atoms with E-state index in [4.69, 9.17) is 14.6 Å². The van der Waals surface area contributed by atoms with Crippen molar-refractivity contribution >= 4 is 5.97 Å². The van der Waals surface area contributed by atoms with Gasteiger partial charge in [0.25, 0.3) is 0 Å². The predicted molar refractivity (Wildman–Crippen MR) is 37.1 cm³/mol. The average Bonchev–Trinajstić information content (AvgIpc) is 1.83. The highest BCUT2D eigenvalue weighted by Gasteiger charge is 2.38. The zero-order valence-electron chi connectivity index (χ0n) is 6.89. The molecule has 0 bridgehead atoms. The van der Waals surface area contributed by atoms with Crippen LogP contribution in [0.5, 0.6) is 0 Å². The molecule has 1 aliphatic rings. The number of aliphatic carboxylic acids is 1. The molecule has 13 heavy (non-hydrogen) atoms. The minimum Gasteiger partial charge on any atom is -0.475 e. The molecular formula is C6H10F3NO3. The third-order valence-corrected chi connectivity index (χ3v) is 1.31. The van der Waals surface area contributed by atoms with Gasteiger partial charge < -0.3 is 9.84 Å². The van der Waals surface area contributed by atoms with Crippen molar-refractivity contribution in [3.05, 3.63) is 0 Å². The largest absolute Gasteiger partial charge is 0.490 e. The quantitative estimate of drug-likeness (QED) is 0.651. The van der Waals surface area contributed by atoms with Crippen LogP contribution < -0.4 is 5.32 Å². The summed E-state index contributed by atoms with van der Waals surface area (Å²) in [6.07, 6.45) is -3.54. The molecule has 0 radical (unpaired) electrons. The van der Waals surface area contributed by atoms with Crippen molar-refractivity contribution in [3.8, 4) is 0 Å². The second kappa shape index (κ2) is 5.03. The summed E-state index contributed by atoms with van der Waals surface area (Å²) < 4.78 is 36.6. The molecule has 4 nitrogen and oxygen atoms in total. The third-order valence-electron chi connectivity index (χ3n) is 1.31. The highest BCUT2D eigenvalue weighted by atomic mass is 19.4. The molecule has 1 aliphatic heterocycles. The molecule has 1 saturated heterocycles. The van der Waals surface area contributed by atoms with Crippen molar-refractivity contribution in [2.45, 2.75) is 18.8 Å². The maximum atomic E-state index is 10.6. The number of halogens is 3. The Morgan fingerprint density at radius 3 is 2.00 bits per heavy atom. The molecule has 0 saturated carbocycles. The lowest BCUT2D eigenvalue weighted by molar-refractivity contribution is -0.192. The van der Waals surface area contributed by atoms with Gasteiger partial charge in [0.2, 0.25) is 0 Å². The van der Waals surface area contributed by atoms with Gasteiger partial charge in [0.1, 0.15) is 6.23 Å². The number of nitrogens with one attached hydrogen (secondary N) is 1. The Hall–Kier alpha value is -0.820. The van der Waals surface area contributed by atoms with Crippen molar-refractivity contribution in [2.75, 3.05) is 13.7 Å². The summed E-state index contributed by atoms with van der Waals surface area (Å²) in [6, 6.07) is 0. The van der Waals surface area contributed by atoms with Gasteiger partial charge in [0, 0.05) is 13.7 Å². The minimum absolute atomic E-state index is 0.366. The SMILES string of the molecule is COC1CCN1.O=C(O)C(F)(F)F. The molecule has 0 amide bonds. The van der Waals surface area contributed by atoms with Crippen LogP contribution in [0.1, 0.15) is 6.42 Å². The average molecular weight is 201 g/mol. The van der Waals surface area contributed by atoms with Crippen LogP contribution in [0.3, 0.4) is 0 Å². The number of methoxy groups -OCH3 is 1. The van der Waals surface area contributed by atoms with E-state index in [1.807, 2.05) is 0 Å². The highest BCUT2D eigenvalue weighted by Crippen LogP contribution is 2.13. The molecule has 1 heterocycles. The Bertz CT molecular complexity index is 164. The summed E-state index contributed by atoms with van der Waals surface area (Å²) in [7, 11) is 1.72. The molecule has 7 heteroatoms. The van der Waals surface area contributed by atoms with Gasteiger partial charge in [-0.1, -0.05) is 0 Å². The van der Waals surface area contributed by atoms with Crippen molar-refractivity contribution in [3.63, 3.8) is 0 Å². The van der Waals surface area contributed by atoms with Gasteiger partial charge in [-0.2, -0.15) is 13.2 Å². The first-order valence-corrected chi connectivity index (χ1v) is 3.44. The molecule has 0 aromatic heterocycles. The molecule has 1 unspecified atom stereocenters. The Morgan fingerprint density at radius 2 is 2.00 bits per heavy atom. The van der Waals surface area contributed by atoms with Crippen LogP contribution in [0.2, 0.25) is 0 Å². The van der Waals surface area contributed by atoms with Gasteiger partial charge in [-0.25, -0.2) is 4.79 Å². The van der Waals surface area contributed by atoms with Crippen molar-refractivity contribution in [2.24, 2.45) is 0 Å². The van der Waals surface area contributed by atoms with Crippen LogP contribution >= 0.6 is 0 Å². The maximum absolute atomic E-state index is 10.6. The number of hydrogen-bond acceptors (Lipinski definition) is 3. The van der Waals surface area contributed by atoms with E-state index in [1.54, 1.807) is 7.11 Å². The van der Waals surface area contributed by atoms with Crippen LogP contribution in [-0.4, -0.2) is 37.1 Å². The summed E-state index contributed by atoms with van der Waals surface area (Å²) in [4.78, 5) is 8.90. The molecule has 0 aromatic rings. The van der Waals surface area contributed by atoms with Gasteiger partial charge >= 0.3 is 12.1 Å². The topological polar surface area (TPSA) is 58.6 Å². The number of carboxylic acids is 1. The summed E-state index contributed by atoms with van der Waals surface area (Å²) >= 11 is 0. The Kier molecular flexibility index (Phi) is 4.71. The summed E-state index contributed by atoms with van der Waals surface area (Å²) in [6.45, 7) is 1.12. The predicted octanol–water partition coefficient (Wildman–Crippen LogP) is 0.585. The lowest BCUT2D eigenvalue weighted by Gasteiger charge is -2.25. The fourth-order valence-corrected chi connectivity index (χ4v) is 0.463. The molecule has 0 spiro atoms. The third kappa shape index (κ3) is 5.42. The number of alkyl halides is 3. The molecule has 1 rings (SSSR count). The highest BCUT2D eigenvalue weighted by molar-refractivity contribution is 5.73. The van der Waals surface area contributed by atoms with Gasteiger partial charge in [-0.3, -0.25) is 5.32 Å². The first-order chi connectivity index (χ1) is 5.88. The van der Waals surface area contributed by atoms with Gasteiger partial charge in [-0.05, 0) is 6.42 Å². The lowest BCUT2D eigenvalue weighted by atomic mass is 10.2. The summed E-state index contributed by atoms with van der Waals surface area (Å²) in [5.41, 5.74) is 0. The first-order valence-electron chi connectivity index (χ1n) is 3.44. The second-order valence-corrected chi connectivity index (χ2v) is 2.27. The van der Waals surface area contributed by atoms with Crippen molar-refractivity contribution in [1.82, 2.24) is 5.32 Å². The van der Waals surface area contributed by atoms with E-state index in [2.05, 4.69) is 5.32 Å². The maximum Gasteiger partial charge on any atom is 0.490 e. The monoisotopic (exact) mass is 201 g/mol. The Labute approximate surface area is 72.7 Å². The second-order valence-electron chi connectivity index (χ2n) is 2.27. The number of carboxylic acid groups (broad SMARTS) is 1. The van der Waals surface area contributed by atoms with E-state index >= 15 is 0 Å². The number of carbonyl (C=O) groups is 1. The zero-order chi connectivity index (χ0) is 10.5. The lowest BCUT2D eigenvalue weighted by Crippen LogP contribution is -2.43. The molecule has 1 fully saturated rings. The normalized spacial score (nSPS) is 21.1. The molecule has 1 atom stereocenters. The van der Waals surface area contributed by atoms with E-state index in [1.165, 1.54) is 6.42 Å².